The molecule has 1 aliphatic rings. The van der Waals surface area contributed by atoms with Crippen molar-refractivity contribution in [3.63, 3.8) is 0 Å². The van der Waals surface area contributed by atoms with Crippen molar-refractivity contribution in [2.75, 3.05) is 13.2 Å². The minimum absolute atomic E-state index is 0.0139. The minimum atomic E-state index is -0.164. The number of hydrogen-bond donors (Lipinski definition) is 1. The molecule has 1 aromatic rings. The number of halogens is 1. The molecule has 0 spiro atoms. The summed E-state index contributed by atoms with van der Waals surface area (Å²) in [7, 11) is 0. The second-order valence-electron chi connectivity index (χ2n) is 3.68. The van der Waals surface area contributed by atoms with E-state index in [2.05, 4.69) is 5.32 Å². The van der Waals surface area contributed by atoms with Gasteiger partial charge in [-0.05, 0) is 13.0 Å². The number of ether oxygens (including phenoxy) is 1. The fourth-order valence-electron chi connectivity index (χ4n) is 1.74. The highest BCUT2D eigenvalue weighted by atomic mass is 19.1. The predicted molar refractivity (Wildman–Crippen MR) is 52.6 cm³/mol. The largest absolute Gasteiger partial charge is 0.378 e. The van der Waals surface area contributed by atoms with Crippen LogP contribution in [-0.4, -0.2) is 19.3 Å². The van der Waals surface area contributed by atoms with Crippen LogP contribution < -0.4 is 5.32 Å². The van der Waals surface area contributed by atoms with E-state index in [1.165, 1.54) is 6.07 Å². The molecule has 0 aromatic heterocycles. The molecule has 1 saturated heterocycles. The third-order valence-corrected chi connectivity index (χ3v) is 2.42. The van der Waals surface area contributed by atoms with Gasteiger partial charge in [-0.25, -0.2) is 4.39 Å². The molecule has 2 rings (SSSR count). The molecule has 76 valence electrons. The molecule has 0 aliphatic carbocycles. The monoisotopic (exact) mass is 195 g/mol. The van der Waals surface area contributed by atoms with Gasteiger partial charge in [-0.15, -0.1) is 0 Å². The van der Waals surface area contributed by atoms with Crippen LogP contribution in [-0.2, 0) is 4.74 Å². The molecule has 0 radical (unpaired) electrons. The highest BCUT2D eigenvalue weighted by Gasteiger charge is 2.21. The molecule has 0 saturated carbocycles. The number of nitrogens with one attached hydrogen (secondary N) is 1. The molecule has 2 unspecified atom stereocenters. The van der Waals surface area contributed by atoms with Gasteiger partial charge >= 0.3 is 0 Å². The average molecular weight is 195 g/mol. The minimum Gasteiger partial charge on any atom is -0.378 e. The van der Waals surface area contributed by atoms with Crippen LogP contribution in [0.3, 0.4) is 0 Å². The van der Waals surface area contributed by atoms with Crippen LogP contribution in [0.1, 0.15) is 18.5 Å². The lowest BCUT2D eigenvalue weighted by Gasteiger charge is -2.29. The summed E-state index contributed by atoms with van der Waals surface area (Å²) in [6, 6.07) is 7.10. The lowest BCUT2D eigenvalue weighted by atomic mass is 10.1. The van der Waals surface area contributed by atoms with Gasteiger partial charge in [0.05, 0.1) is 19.3 Å². The van der Waals surface area contributed by atoms with E-state index in [0.717, 1.165) is 0 Å². The van der Waals surface area contributed by atoms with Crippen LogP contribution in [0.5, 0.6) is 0 Å². The van der Waals surface area contributed by atoms with Gasteiger partial charge in [-0.1, -0.05) is 18.2 Å². The van der Waals surface area contributed by atoms with Crippen molar-refractivity contribution in [1.29, 1.82) is 0 Å². The van der Waals surface area contributed by atoms with Crippen LogP contribution in [0.15, 0.2) is 24.3 Å². The second kappa shape index (κ2) is 4.07. The fraction of sp³-hybridized carbons (Fsp3) is 0.455. The van der Waals surface area contributed by atoms with Gasteiger partial charge in [0.25, 0.3) is 0 Å². The van der Waals surface area contributed by atoms with Crippen molar-refractivity contribution >= 4 is 0 Å². The highest BCUT2D eigenvalue weighted by Crippen LogP contribution is 2.20. The Labute approximate surface area is 83.1 Å². The maximum Gasteiger partial charge on any atom is 0.128 e. The van der Waals surface area contributed by atoms with Crippen LogP contribution >= 0.6 is 0 Å². The first kappa shape index (κ1) is 9.62. The number of rotatable bonds is 1. The summed E-state index contributed by atoms with van der Waals surface area (Å²) in [4.78, 5) is 0. The molecule has 1 heterocycles. The van der Waals surface area contributed by atoms with Crippen molar-refractivity contribution in [3.05, 3.63) is 35.6 Å². The Kier molecular flexibility index (Phi) is 2.79. The topological polar surface area (TPSA) is 21.3 Å². The van der Waals surface area contributed by atoms with Gasteiger partial charge in [0.15, 0.2) is 0 Å². The molecule has 1 N–H and O–H groups in total. The summed E-state index contributed by atoms with van der Waals surface area (Å²) < 4.78 is 18.8. The Morgan fingerprint density at radius 1 is 1.36 bits per heavy atom. The molecular formula is C11H14FNO. The Morgan fingerprint density at radius 3 is 2.86 bits per heavy atom. The summed E-state index contributed by atoms with van der Waals surface area (Å²) >= 11 is 0. The van der Waals surface area contributed by atoms with Crippen LogP contribution in [0.2, 0.25) is 0 Å². The van der Waals surface area contributed by atoms with Crippen molar-refractivity contribution in [2.24, 2.45) is 0 Å². The van der Waals surface area contributed by atoms with Gasteiger partial charge in [-0.3, -0.25) is 0 Å². The number of morpholine rings is 1. The first-order valence-electron chi connectivity index (χ1n) is 4.85. The summed E-state index contributed by atoms with van der Waals surface area (Å²) in [6.07, 6.45) is 0. The Bertz CT molecular complexity index is 316. The van der Waals surface area contributed by atoms with E-state index in [9.17, 15) is 4.39 Å². The van der Waals surface area contributed by atoms with E-state index in [-0.39, 0.29) is 17.9 Å². The van der Waals surface area contributed by atoms with Gasteiger partial charge < -0.3 is 10.1 Å². The van der Waals surface area contributed by atoms with Crippen molar-refractivity contribution in [3.8, 4) is 0 Å². The SMILES string of the molecule is CC1COCC(c2ccccc2F)N1. The molecule has 0 bridgehead atoms. The molecule has 2 nitrogen and oxygen atoms in total. The molecular weight excluding hydrogens is 181 g/mol. The van der Waals surface area contributed by atoms with E-state index in [1.807, 2.05) is 13.0 Å². The second-order valence-corrected chi connectivity index (χ2v) is 3.68. The van der Waals surface area contributed by atoms with E-state index >= 15 is 0 Å². The van der Waals surface area contributed by atoms with Gasteiger partial charge in [0, 0.05) is 11.6 Å². The molecule has 14 heavy (non-hydrogen) atoms. The quantitative estimate of drug-likeness (QED) is 0.738. The van der Waals surface area contributed by atoms with Crippen molar-refractivity contribution in [1.82, 2.24) is 5.32 Å². The molecule has 1 fully saturated rings. The van der Waals surface area contributed by atoms with Crippen molar-refractivity contribution in [2.45, 2.75) is 19.0 Å². The smallest absolute Gasteiger partial charge is 0.128 e. The normalized spacial score (nSPS) is 27.6. The van der Waals surface area contributed by atoms with Gasteiger partial charge in [0.2, 0.25) is 0 Å². The highest BCUT2D eigenvalue weighted by molar-refractivity contribution is 5.21. The zero-order valence-corrected chi connectivity index (χ0v) is 8.16. The van der Waals surface area contributed by atoms with Crippen molar-refractivity contribution < 1.29 is 9.13 Å². The molecule has 1 aromatic carbocycles. The Morgan fingerprint density at radius 2 is 2.14 bits per heavy atom. The average Bonchev–Trinajstić information content (AvgIpc) is 2.18. The zero-order valence-electron chi connectivity index (χ0n) is 8.16. The van der Waals surface area contributed by atoms with Crippen LogP contribution in [0.4, 0.5) is 4.39 Å². The number of hydrogen-bond acceptors (Lipinski definition) is 2. The summed E-state index contributed by atoms with van der Waals surface area (Å²) in [6.45, 7) is 3.28. The zero-order chi connectivity index (χ0) is 9.97. The predicted octanol–water partition coefficient (Wildman–Crippen LogP) is 1.88. The maximum atomic E-state index is 13.4. The van der Waals surface area contributed by atoms with Gasteiger partial charge in [0.1, 0.15) is 5.82 Å². The van der Waals surface area contributed by atoms with Crippen LogP contribution in [0.25, 0.3) is 0 Å². The van der Waals surface area contributed by atoms with Gasteiger partial charge in [-0.2, -0.15) is 0 Å². The third kappa shape index (κ3) is 1.94. The molecule has 0 amide bonds. The fourth-order valence-corrected chi connectivity index (χ4v) is 1.74. The summed E-state index contributed by atoms with van der Waals surface area (Å²) in [5.41, 5.74) is 0.694. The lowest BCUT2D eigenvalue weighted by Crippen LogP contribution is -2.42. The Balaban J connectivity index is 2.18. The molecule has 3 heteroatoms. The summed E-state index contributed by atoms with van der Waals surface area (Å²) in [5, 5.41) is 3.31. The van der Waals surface area contributed by atoms with E-state index < -0.39 is 0 Å². The Hall–Kier alpha value is -0.930. The first-order chi connectivity index (χ1) is 6.77. The van der Waals surface area contributed by atoms with E-state index in [4.69, 9.17) is 4.74 Å². The maximum absolute atomic E-state index is 13.4. The first-order valence-corrected chi connectivity index (χ1v) is 4.85. The van der Waals surface area contributed by atoms with E-state index in [1.54, 1.807) is 12.1 Å². The number of benzene rings is 1. The molecule has 1 aliphatic heterocycles. The summed E-state index contributed by atoms with van der Waals surface area (Å²) in [5.74, 6) is -0.164. The standard InChI is InChI=1S/C11H14FNO/c1-8-6-14-7-11(13-8)9-4-2-3-5-10(9)12/h2-5,8,11,13H,6-7H2,1H3. The lowest BCUT2D eigenvalue weighted by molar-refractivity contribution is 0.0494. The molecule has 2 atom stereocenters. The van der Waals surface area contributed by atoms with E-state index in [0.29, 0.717) is 18.8 Å². The van der Waals surface area contributed by atoms with Crippen LogP contribution in [0, 0.1) is 5.82 Å². The third-order valence-electron chi connectivity index (χ3n) is 2.42.